The van der Waals surface area contributed by atoms with Crippen LogP contribution in [0.25, 0.3) is 0 Å². The largest absolute Gasteiger partial charge is 0.383 e. The number of hydrogen-bond donors (Lipinski definition) is 3. The number of amides is 1. The van der Waals surface area contributed by atoms with Gasteiger partial charge in [-0.25, -0.2) is 13.1 Å². The summed E-state index contributed by atoms with van der Waals surface area (Å²) in [6.45, 7) is 3.77. The Morgan fingerprint density at radius 1 is 1.42 bits per heavy atom. The Morgan fingerprint density at radius 3 is 2.88 bits per heavy atom. The van der Waals surface area contributed by atoms with E-state index >= 15 is 0 Å². The second kappa shape index (κ2) is 8.57. The predicted molar refractivity (Wildman–Crippen MR) is 91.6 cm³/mol. The maximum atomic E-state index is 12.4. The van der Waals surface area contributed by atoms with Gasteiger partial charge in [-0.2, -0.15) is 0 Å². The van der Waals surface area contributed by atoms with Crippen molar-refractivity contribution < 1.29 is 17.9 Å². The fourth-order valence-electron chi connectivity index (χ4n) is 2.62. The van der Waals surface area contributed by atoms with Crippen LogP contribution >= 0.6 is 0 Å². The minimum absolute atomic E-state index is 0.0772. The second-order valence-corrected chi connectivity index (χ2v) is 7.64. The van der Waals surface area contributed by atoms with E-state index in [0.29, 0.717) is 12.1 Å². The topological polar surface area (TPSA) is 96.5 Å². The van der Waals surface area contributed by atoms with E-state index in [2.05, 4.69) is 15.4 Å². The first-order valence-electron chi connectivity index (χ1n) is 8.05. The summed E-state index contributed by atoms with van der Waals surface area (Å²) >= 11 is 0. The molecule has 24 heavy (non-hydrogen) atoms. The molecule has 1 unspecified atom stereocenters. The minimum Gasteiger partial charge on any atom is -0.383 e. The molecule has 1 aliphatic rings. The molecule has 1 aromatic carbocycles. The van der Waals surface area contributed by atoms with Crippen molar-refractivity contribution in [3.8, 4) is 0 Å². The SMILES string of the molecule is COCCNS(=O)(=O)c1ccc(C)c(C(=O)NCC2CCCN2)c1. The summed E-state index contributed by atoms with van der Waals surface area (Å²) in [4.78, 5) is 12.5. The molecule has 0 aliphatic carbocycles. The molecule has 1 atom stereocenters. The van der Waals surface area contributed by atoms with Gasteiger partial charge in [-0.3, -0.25) is 4.79 Å². The van der Waals surface area contributed by atoms with E-state index in [1.54, 1.807) is 13.0 Å². The zero-order chi connectivity index (χ0) is 17.6. The first kappa shape index (κ1) is 18.9. The van der Waals surface area contributed by atoms with Crippen LogP contribution in [0.1, 0.15) is 28.8 Å². The normalized spacial score (nSPS) is 17.8. The van der Waals surface area contributed by atoms with E-state index < -0.39 is 10.0 Å². The van der Waals surface area contributed by atoms with Gasteiger partial charge in [0.25, 0.3) is 5.91 Å². The van der Waals surface area contributed by atoms with Crippen molar-refractivity contribution in [2.45, 2.75) is 30.7 Å². The van der Waals surface area contributed by atoms with Crippen molar-refractivity contribution >= 4 is 15.9 Å². The molecule has 0 saturated carbocycles. The summed E-state index contributed by atoms with van der Waals surface area (Å²) in [6, 6.07) is 4.85. The fourth-order valence-corrected chi connectivity index (χ4v) is 3.66. The summed E-state index contributed by atoms with van der Waals surface area (Å²) in [5.41, 5.74) is 1.12. The van der Waals surface area contributed by atoms with Crippen molar-refractivity contribution in [2.24, 2.45) is 0 Å². The van der Waals surface area contributed by atoms with Crippen molar-refractivity contribution in [1.29, 1.82) is 0 Å². The van der Waals surface area contributed by atoms with E-state index in [0.717, 1.165) is 24.9 Å². The number of carbonyl (C=O) groups excluding carboxylic acids is 1. The molecular formula is C16H25N3O4S. The molecule has 2 rings (SSSR count). The standard InChI is InChI=1S/C16H25N3O4S/c1-12-5-6-14(24(21,22)19-8-9-23-2)10-15(12)16(20)18-11-13-4-3-7-17-13/h5-6,10,13,17,19H,3-4,7-9,11H2,1-2H3,(H,18,20). The third kappa shape index (κ3) is 5.01. The molecule has 0 aromatic heterocycles. The maximum Gasteiger partial charge on any atom is 0.251 e. The number of aryl methyl sites for hydroxylation is 1. The number of nitrogens with one attached hydrogen (secondary N) is 3. The highest BCUT2D eigenvalue weighted by molar-refractivity contribution is 7.89. The lowest BCUT2D eigenvalue weighted by molar-refractivity contribution is 0.0949. The van der Waals surface area contributed by atoms with Crippen LogP contribution < -0.4 is 15.4 Å². The Labute approximate surface area is 143 Å². The Kier molecular flexibility index (Phi) is 6.73. The lowest BCUT2D eigenvalue weighted by Crippen LogP contribution is -2.37. The Balaban J connectivity index is 2.08. The molecular weight excluding hydrogens is 330 g/mol. The first-order chi connectivity index (χ1) is 11.4. The highest BCUT2D eigenvalue weighted by Crippen LogP contribution is 2.16. The van der Waals surface area contributed by atoms with Crippen LogP contribution in [0.4, 0.5) is 0 Å². The monoisotopic (exact) mass is 355 g/mol. The zero-order valence-corrected chi connectivity index (χ0v) is 14.9. The number of carbonyl (C=O) groups is 1. The molecule has 8 heteroatoms. The number of ether oxygens (including phenoxy) is 1. The van der Waals surface area contributed by atoms with Crippen LogP contribution in [0.5, 0.6) is 0 Å². The zero-order valence-electron chi connectivity index (χ0n) is 14.1. The van der Waals surface area contributed by atoms with E-state index in [1.807, 2.05) is 0 Å². The molecule has 1 fully saturated rings. The third-order valence-corrected chi connectivity index (χ3v) is 5.49. The third-order valence-electron chi connectivity index (χ3n) is 4.03. The van der Waals surface area contributed by atoms with Crippen molar-refractivity contribution in [2.75, 3.05) is 33.4 Å². The van der Waals surface area contributed by atoms with Gasteiger partial charge in [0.05, 0.1) is 11.5 Å². The molecule has 3 N–H and O–H groups in total. The van der Waals surface area contributed by atoms with Crippen LogP contribution in [0, 0.1) is 6.92 Å². The van der Waals surface area contributed by atoms with Gasteiger partial charge in [0, 0.05) is 31.8 Å². The molecule has 1 amide bonds. The van der Waals surface area contributed by atoms with Crippen LogP contribution in [-0.2, 0) is 14.8 Å². The molecule has 7 nitrogen and oxygen atoms in total. The van der Waals surface area contributed by atoms with Gasteiger partial charge in [-0.1, -0.05) is 6.07 Å². The number of sulfonamides is 1. The van der Waals surface area contributed by atoms with Crippen LogP contribution in [0.3, 0.4) is 0 Å². The Bertz CT molecular complexity index is 670. The van der Waals surface area contributed by atoms with Gasteiger partial charge in [-0.15, -0.1) is 0 Å². The summed E-state index contributed by atoms with van der Waals surface area (Å²) in [5, 5.41) is 6.19. The van der Waals surface area contributed by atoms with Gasteiger partial charge in [0.1, 0.15) is 0 Å². The van der Waals surface area contributed by atoms with Crippen molar-refractivity contribution in [3.63, 3.8) is 0 Å². The van der Waals surface area contributed by atoms with Crippen molar-refractivity contribution in [1.82, 2.24) is 15.4 Å². The molecule has 0 radical (unpaired) electrons. The van der Waals surface area contributed by atoms with Gasteiger partial charge >= 0.3 is 0 Å². The highest BCUT2D eigenvalue weighted by Gasteiger charge is 2.19. The first-order valence-corrected chi connectivity index (χ1v) is 9.53. The molecule has 1 aliphatic heterocycles. The molecule has 1 aromatic rings. The Hall–Kier alpha value is -1.48. The molecule has 1 heterocycles. The average Bonchev–Trinajstić information content (AvgIpc) is 3.06. The van der Waals surface area contributed by atoms with Crippen LogP contribution in [0.2, 0.25) is 0 Å². The highest BCUT2D eigenvalue weighted by atomic mass is 32.2. The van der Waals surface area contributed by atoms with Crippen molar-refractivity contribution in [3.05, 3.63) is 29.3 Å². The lowest BCUT2D eigenvalue weighted by Gasteiger charge is -2.14. The summed E-state index contributed by atoms with van der Waals surface area (Å²) in [5.74, 6) is -0.254. The Morgan fingerprint density at radius 2 is 2.21 bits per heavy atom. The predicted octanol–water partition coefficient (Wildman–Crippen LogP) is 0.402. The molecule has 0 spiro atoms. The van der Waals surface area contributed by atoms with E-state index in [9.17, 15) is 13.2 Å². The lowest BCUT2D eigenvalue weighted by atomic mass is 10.1. The molecule has 1 saturated heterocycles. The van der Waals surface area contributed by atoms with E-state index in [1.165, 1.54) is 19.2 Å². The average molecular weight is 355 g/mol. The number of methoxy groups -OCH3 is 1. The van der Waals surface area contributed by atoms with Crippen LogP contribution in [-0.4, -0.2) is 53.7 Å². The summed E-state index contributed by atoms with van der Waals surface area (Å²) < 4.78 is 31.8. The second-order valence-electron chi connectivity index (χ2n) is 5.87. The van der Waals surface area contributed by atoms with Gasteiger partial charge in [0.15, 0.2) is 0 Å². The number of benzene rings is 1. The fraction of sp³-hybridized carbons (Fsp3) is 0.562. The molecule has 134 valence electrons. The summed E-state index contributed by atoms with van der Waals surface area (Å²) in [7, 11) is -2.16. The van der Waals surface area contributed by atoms with Crippen LogP contribution in [0.15, 0.2) is 23.1 Å². The quantitative estimate of drug-likeness (QED) is 0.587. The van der Waals surface area contributed by atoms with E-state index in [4.69, 9.17) is 4.74 Å². The number of hydrogen-bond acceptors (Lipinski definition) is 5. The van der Waals surface area contributed by atoms with Gasteiger partial charge < -0.3 is 15.4 Å². The van der Waals surface area contributed by atoms with Gasteiger partial charge in [-0.05, 0) is 44.0 Å². The molecule has 0 bridgehead atoms. The summed E-state index contributed by atoms with van der Waals surface area (Å²) in [6.07, 6.45) is 2.15. The maximum absolute atomic E-state index is 12.4. The van der Waals surface area contributed by atoms with E-state index in [-0.39, 0.29) is 30.0 Å². The smallest absolute Gasteiger partial charge is 0.251 e. The number of rotatable bonds is 8. The minimum atomic E-state index is -3.66. The van der Waals surface area contributed by atoms with Gasteiger partial charge in [0.2, 0.25) is 10.0 Å².